The first kappa shape index (κ1) is 14.9. The van der Waals surface area contributed by atoms with E-state index in [1.54, 1.807) is 10.9 Å². The van der Waals surface area contributed by atoms with Gasteiger partial charge in [0.25, 0.3) is 5.91 Å². The topological polar surface area (TPSA) is 72.9 Å². The molecule has 0 aliphatic heterocycles. The molecule has 1 aliphatic rings. The van der Waals surface area contributed by atoms with E-state index in [4.69, 9.17) is 5.73 Å². The van der Waals surface area contributed by atoms with Gasteiger partial charge in [-0.1, -0.05) is 19.8 Å². The third-order valence-corrected chi connectivity index (χ3v) is 4.21. The Morgan fingerprint density at radius 2 is 2.10 bits per heavy atom. The number of aromatic nitrogens is 2. The van der Waals surface area contributed by atoms with Crippen LogP contribution >= 0.6 is 0 Å². The molecule has 1 heterocycles. The summed E-state index contributed by atoms with van der Waals surface area (Å²) in [6.07, 6.45) is 8.87. The van der Waals surface area contributed by atoms with Gasteiger partial charge in [-0.25, -0.2) is 0 Å². The fourth-order valence-electron chi connectivity index (χ4n) is 3.03. The van der Waals surface area contributed by atoms with Crippen LogP contribution in [0.2, 0.25) is 0 Å². The Balaban J connectivity index is 1.87. The number of nitrogens with zero attached hydrogens (tertiary/aromatic N) is 2. The first-order chi connectivity index (χ1) is 9.63. The van der Waals surface area contributed by atoms with Crippen molar-refractivity contribution >= 4 is 11.6 Å². The van der Waals surface area contributed by atoms with Crippen molar-refractivity contribution < 1.29 is 4.79 Å². The SMILES string of the molecule is CCCC1CCC(NC(=O)c2nn(CC)cc2N)CC1. The highest BCUT2D eigenvalue weighted by Gasteiger charge is 2.24. The molecule has 2 rings (SSSR count). The highest BCUT2D eigenvalue weighted by Crippen LogP contribution is 2.27. The molecule has 0 bridgehead atoms. The summed E-state index contributed by atoms with van der Waals surface area (Å²) >= 11 is 0. The van der Waals surface area contributed by atoms with Crippen molar-refractivity contribution in [1.82, 2.24) is 15.1 Å². The number of hydrogen-bond acceptors (Lipinski definition) is 3. The van der Waals surface area contributed by atoms with Crippen LogP contribution in [0.5, 0.6) is 0 Å². The van der Waals surface area contributed by atoms with E-state index in [-0.39, 0.29) is 11.9 Å². The summed E-state index contributed by atoms with van der Waals surface area (Å²) in [5.74, 6) is 0.714. The normalized spacial score (nSPS) is 22.7. The largest absolute Gasteiger partial charge is 0.396 e. The maximum Gasteiger partial charge on any atom is 0.274 e. The molecule has 1 aromatic rings. The minimum Gasteiger partial charge on any atom is -0.396 e. The average molecular weight is 278 g/mol. The molecule has 0 unspecified atom stereocenters. The van der Waals surface area contributed by atoms with E-state index in [0.29, 0.717) is 11.4 Å². The van der Waals surface area contributed by atoms with Gasteiger partial charge in [0.2, 0.25) is 0 Å². The Labute approximate surface area is 120 Å². The van der Waals surface area contributed by atoms with Gasteiger partial charge in [0.05, 0.1) is 5.69 Å². The van der Waals surface area contributed by atoms with E-state index in [1.165, 1.54) is 25.7 Å². The van der Waals surface area contributed by atoms with Gasteiger partial charge >= 0.3 is 0 Å². The predicted molar refractivity (Wildman–Crippen MR) is 80.4 cm³/mol. The van der Waals surface area contributed by atoms with E-state index in [9.17, 15) is 4.79 Å². The number of carbonyl (C=O) groups excluding carboxylic acids is 1. The molecule has 5 heteroatoms. The van der Waals surface area contributed by atoms with E-state index >= 15 is 0 Å². The molecule has 5 nitrogen and oxygen atoms in total. The summed E-state index contributed by atoms with van der Waals surface area (Å²) in [6.45, 7) is 4.93. The summed E-state index contributed by atoms with van der Waals surface area (Å²) in [7, 11) is 0. The van der Waals surface area contributed by atoms with Crippen LogP contribution in [0.1, 0.15) is 62.9 Å². The highest BCUT2D eigenvalue weighted by molar-refractivity contribution is 5.97. The monoisotopic (exact) mass is 278 g/mol. The lowest BCUT2D eigenvalue weighted by Crippen LogP contribution is -2.38. The molecule has 0 radical (unpaired) electrons. The Morgan fingerprint density at radius 1 is 1.40 bits per heavy atom. The second-order valence-electron chi connectivity index (χ2n) is 5.77. The Bertz CT molecular complexity index is 447. The quantitative estimate of drug-likeness (QED) is 0.869. The fraction of sp³-hybridized carbons (Fsp3) is 0.733. The molecule has 1 fully saturated rings. The number of rotatable bonds is 5. The minimum atomic E-state index is -0.131. The maximum absolute atomic E-state index is 12.2. The number of nitrogen functional groups attached to an aromatic ring is 1. The van der Waals surface area contributed by atoms with E-state index in [2.05, 4.69) is 17.3 Å². The van der Waals surface area contributed by atoms with E-state index in [0.717, 1.165) is 25.3 Å². The Morgan fingerprint density at radius 3 is 2.65 bits per heavy atom. The van der Waals surface area contributed by atoms with Crippen molar-refractivity contribution in [3.63, 3.8) is 0 Å². The standard InChI is InChI=1S/C15H26N4O/c1-3-5-11-6-8-12(9-7-11)17-15(20)14-13(16)10-19(4-2)18-14/h10-12H,3-9,16H2,1-2H3,(H,17,20). The number of anilines is 1. The summed E-state index contributed by atoms with van der Waals surface area (Å²) in [5.41, 5.74) is 6.67. The lowest BCUT2D eigenvalue weighted by Gasteiger charge is -2.28. The molecule has 0 spiro atoms. The molecular formula is C15H26N4O. The van der Waals surface area contributed by atoms with Crippen LogP contribution in [0.25, 0.3) is 0 Å². The second kappa shape index (κ2) is 6.77. The Kier molecular flexibility index (Phi) is 5.04. The lowest BCUT2D eigenvalue weighted by molar-refractivity contribution is 0.0916. The van der Waals surface area contributed by atoms with E-state index < -0.39 is 0 Å². The average Bonchev–Trinajstić information content (AvgIpc) is 2.83. The van der Waals surface area contributed by atoms with E-state index in [1.807, 2.05) is 6.92 Å². The molecule has 20 heavy (non-hydrogen) atoms. The number of aryl methyl sites for hydroxylation is 1. The van der Waals surface area contributed by atoms with Crippen molar-refractivity contribution in [2.45, 2.75) is 65.0 Å². The summed E-state index contributed by atoms with van der Waals surface area (Å²) < 4.78 is 1.70. The second-order valence-corrected chi connectivity index (χ2v) is 5.77. The molecule has 1 saturated carbocycles. The molecule has 0 aromatic carbocycles. The number of nitrogens with two attached hydrogens (primary N) is 1. The van der Waals surface area contributed by atoms with Crippen molar-refractivity contribution in [3.05, 3.63) is 11.9 Å². The molecule has 3 N–H and O–H groups in total. The van der Waals surface area contributed by atoms with Gasteiger partial charge in [0.15, 0.2) is 5.69 Å². The van der Waals surface area contributed by atoms with Crippen molar-refractivity contribution in [1.29, 1.82) is 0 Å². The van der Waals surface area contributed by atoms with Crippen LogP contribution in [-0.4, -0.2) is 21.7 Å². The van der Waals surface area contributed by atoms with Crippen LogP contribution in [0.3, 0.4) is 0 Å². The van der Waals surface area contributed by atoms with Gasteiger partial charge in [0, 0.05) is 18.8 Å². The summed E-state index contributed by atoms with van der Waals surface area (Å²) in [4.78, 5) is 12.2. The van der Waals surface area contributed by atoms with Gasteiger partial charge in [-0.15, -0.1) is 0 Å². The fourth-order valence-corrected chi connectivity index (χ4v) is 3.03. The zero-order valence-electron chi connectivity index (χ0n) is 12.6. The van der Waals surface area contributed by atoms with Gasteiger partial charge in [0.1, 0.15) is 0 Å². The maximum atomic E-state index is 12.2. The molecule has 1 amide bonds. The van der Waals surface area contributed by atoms with Crippen LogP contribution in [-0.2, 0) is 6.54 Å². The van der Waals surface area contributed by atoms with Crippen molar-refractivity contribution in [2.75, 3.05) is 5.73 Å². The summed E-state index contributed by atoms with van der Waals surface area (Å²) in [6, 6.07) is 0.279. The van der Waals surface area contributed by atoms with Gasteiger partial charge in [-0.3, -0.25) is 9.48 Å². The third kappa shape index (κ3) is 3.52. The molecule has 0 atom stereocenters. The zero-order chi connectivity index (χ0) is 14.5. The molecular weight excluding hydrogens is 252 g/mol. The van der Waals surface area contributed by atoms with Crippen LogP contribution in [0.4, 0.5) is 5.69 Å². The molecule has 0 saturated heterocycles. The summed E-state index contributed by atoms with van der Waals surface area (Å²) in [5, 5.41) is 7.30. The number of amides is 1. The first-order valence-corrected chi connectivity index (χ1v) is 7.77. The van der Waals surface area contributed by atoms with Gasteiger partial charge < -0.3 is 11.1 Å². The third-order valence-electron chi connectivity index (χ3n) is 4.21. The van der Waals surface area contributed by atoms with Crippen molar-refractivity contribution in [3.8, 4) is 0 Å². The first-order valence-electron chi connectivity index (χ1n) is 7.77. The minimum absolute atomic E-state index is 0.131. The van der Waals surface area contributed by atoms with Crippen LogP contribution in [0.15, 0.2) is 6.20 Å². The molecule has 1 aromatic heterocycles. The smallest absolute Gasteiger partial charge is 0.274 e. The van der Waals surface area contributed by atoms with Crippen LogP contribution in [0, 0.1) is 5.92 Å². The predicted octanol–water partition coefficient (Wildman–Crippen LogP) is 2.57. The number of carbonyl (C=O) groups is 1. The highest BCUT2D eigenvalue weighted by atomic mass is 16.2. The van der Waals surface area contributed by atoms with Crippen molar-refractivity contribution in [2.24, 2.45) is 5.92 Å². The zero-order valence-corrected chi connectivity index (χ0v) is 12.6. The lowest BCUT2D eigenvalue weighted by atomic mass is 9.83. The molecule has 112 valence electrons. The number of hydrogen-bond donors (Lipinski definition) is 2. The van der Waals surface area contributed by atoms with Gasteiger partial charge in [-0.05, 0) is 38.5 Å². The van der Waals surface area contributed by atoms with Gasteiger partial charge in [-0.2, -0.15) is 5.10 Å². The Hall–Kier alpha value is -1.52. The molecule has 1 aliphatic carbocycles. The van der Waals surface area contributed by atoms with Crippen LogP contribution < -0.4 is 11.1 Å². The number of nitrogens with one attached hydrogen (secondary N) is 1.